The van der Waals surface area contributed by atoms with E-state index >= 15 is 0 Å². The number of nitrogens with zero attached hydrogens (tertiary/aromatic N) is 1. The quantitative estimate of drug-likeness (QED) is 0.888. The molecule has 1 spiro atoms. The van der Waals surface area contributed by atoms with E-state index in [1.807, 2.05) is 0 Å². The van der Waals surface area contributed by atoms with Gasteiger partial charge in [0, 0.05) is 18.1 Å². The summed E-state index contributed by atoms with van der Waals surface area (Å²) in [6.07, 6.45) is 1.68. The first-order chi connectivity index (χ1) is 10.4. The highest BCUT2D eigenvalue weighted by Gasteiger charge is 2.42. The number of halogens is 1. The molecule has 0 amide bonds. The first-order valence-corrected chi connectivity index (χ1v) is 9.36. The Bertz CT molecular complexity index is 651. The summed E-state index contributed by atoms with van der Waals surface area (Å²) in [6, 6.07) is 5.02. The smallest absolute Gasteiger partial charge is 0.243 e. The van der Waals surface area contributed by atoms with Gasteiger partial charge in [-0.25, -0.2) is 8.42 Å². The van der Waals surface area contributed by atoms with E-state index in [4.69, 9.17) is 16.3 Å². The number of rotatable bonds is 2. The van der Waals surface area contributed by atoms with Crippen LogP contribution in [0.5, 0.6) is 0 Å². The summed E-state index contributed by atoms with van der Waals surface area (Å²) in [5.41, 5.74) is 0.262. The topological polar surface area (TPSA) is 58.6 Å². The summed E-state index contributed by atoms with van der Waals surface area (Å²) >= 11 is 6.09. The summed E-state index contributed by atoms with van der Waals surface area (Å²) in [6.45, 7) is 4.73. The van der Waals surface area contributed by atoms with Crippen molar-refractivity contribution in [3.63, 3.8) is 0 Å². The molecule has 0 aromatic heterocycles. The van der Waals surface area contributed by atoms with E-state index < -0.39 is 10.0 Å². The Hall–Kier alpha value is -0.660. The summed E-state index contributed by atoms with van der Waals surface area (Å²) in [5.74, 6) is 0. The number of nitrogens with one attached hydrogen (secondary N) is 1. The molecule has 2 heterocycles. The molecule has 2 aliphatic rings. The maximum Gasteiger partial charge on any atom is 0.243 e. The normalized spacial score (nSPS) is 22.8. The zero-order valence-electron chi connectivity index (χ0n) is 12.6. The van der Waals surface area contributed by atoms with E-state index in [1.165, 1.54) is 0 Å². The molecule has 0 unspecified atom stereocenters. The molecule has 0 saturated carbocycles. The summed E-state index contributed by atoms with van der Waals surface area (Å²) < 4.78 is 33.5. The van der Waals surface area contributed by atoms with Crippen molar-refractivity contribution in [2.24, 2.45) is 0 Å². The first-order valence-electron chi connectivity index (χ1n) is 7.55. The second-order valence-electron chi connectivity index (χ2n) is 5.98. The van der Waals surface area contributed by atoms with Crippen LogP contribution in [-0.2, 0) is 14.8 Å². The molecule has 2 saturated heterocycles. The number of benzene rings is 1. The fraction of sp³-hybridized carbons (Fsp3) is 0.600. The van der Waals surface area contributed by atoms with Crippen LogP contribution in [0.15, 0.2) is 23.1 Å². The molecule has 3 rings (SSSR count). The zero-order chi connectivity index (χ0) is 15.8. The summed E-state index contributed by atoms with van der Waals surface area (Å²) in [4.78, 5) is 0.297. The van der Waals surface area contributed by atoms with Gasteiger partial charge in [0.2, 0.25) is 10.0 Å². The van der Waals surface area contributed by atoms with Crippen LogP contribution >= 0.6 is 11.6 Å². The SMILES string of the molecule is Cc1c(Cl)cccc1S(=O)(=O)N1CCOC2(CCNCC2)C1. The monoisotopic (exact) mass is 344 g/mol. The molecule has 5 nitrogen and oxygen atoms in total. The van der Waals surface area contributed by atoms with Crippen molar-refractivity contribution >= 4 is 21.6 Å². The lowest BCUT2D eigenvalue weighted by molar-refractivity contribution is -0.105. The third-order valence-corrected chi connectivity index (χ3v) is 6.96. The van der Waals surface area contributed by atoms with E-state index in [0.717, 1.165) is 25.9 Å². The molecule has 122 valence electrons. The van der Waals surface area contributed by atoms with Gasteiger partial charge in [-0.3, -0.25) is 0 Å². The van der Waals surface area contributed by atoms with Gasteiger partial charge in [0.1, 0.15) is 0 Å². The van der Waals surface area contributed by atoms with Crippen molar-refractivity contribution < 1.29 is 13.2 Å². The van der Waals surface area contributed by atoms with Gasteiger partial charge in [-0.05, 0) is 50.6 Å². The van der Waals surface area contributed by atoms with Gasteiger partial charge < -0.3 is 10.1 Å². The minimum absolute atomic E-state index is 0.297. The molecule has 22 heavy (non-hydrogen) atoms. The number of hydrogen-bond donors (Lipinski definition) is 1. The first kappa shape index (κ1) is 16.2. The van der Waals surface area contributed by atoms with Crippen molar-refractivity contribution in [1.82, 2.24) is 9.62 Å². The predicted molar refractivity (Wildman–Crippen MR) is 85.7 cm³/mol. The number of piperidine rings is 1. The van der Waals surface area contributed by atoms with Crippen molar-refractivity contribution in [3.05, 3.63) is 28.8 Å². The Labute approximate surface area is 136 Å². The van der Waals surface area contributed by atoms with Crippen molar-refractivity contribution in [2.45, 2.75) is 30.3 Å². The predicted octanol–water partition coefficient (Wildman–Crippen LogP) is 1.79. The van der Waals surface area contributed by atoms with E-state index in [0.29, 0.717) is 35.2 Å². The van der Waals surface area contributed by atoms with Crippen LogP contribution < -0.4 is 5.32 Å². The van der Waals surface area contributed by atoms with Gasteiger partial charge in [-0.2, -0.15) is 4.31 Å². The molecule has 0 atom stereocenters. The molecule has 2 fully saturated rings. The maximum absolute atomic E-state index is 13.0. The lowest BCUT2D eigenvalue weighted by Crippen LogP contribution is -2.57. The maximum atomic E-state index is 13.0. The fourth-order valence-corrected chi connectivity index (χ4v) is 5.18. The molecule has 7 heteroatoms. The van der Waals surface area contributed by atoms with Gasteiger partial charge in [0.25, 0.3) is 0 Å². The van der Waals surface area contributed by atoms with Gasteiger partial charge in [0.15, 0.2) is 0 Å². The van der Waals surface area contributed by atoms with Crippen LogP contribution in [0.1, 0.15) is 18.4 Å². The van der Waals surface area contributed by atoms with Crippen molar-refractivity contribution in [2.75, 3.05) is 32.8 Å². The Morgan fingerprint density at radius 3 is 2.77 bits per heavy atom. The minimum Gasteiger partial charge on any atom is -0.372 e. The third-order valence-electron chi connectivity index (χ3n) is 4.56. The Morgan fingerprint density at radius 2 is 2.05 bits per heavy atom. The molecule has 2 aliphatic heterocycles. The number of ether oxygens (including phenoxy) is 1. The lowest BCUT2D eigenvalue weighted by Gasteiger charge is -2.44. The lowest BCUT2D eigenvalue weighted by atomic mass is 9.91. The summed E-state index contributed by atoms with van der Waals surface area (Å²) in [7, 11) is -3.54. The van der Waals surface area contributed by atoms with Crippen LogP contribution in [0, 0.1) is 6.92 Å². The van der Waals surface area contributed by atoms with E-state index in [2.05, 4.69) is 5.32 Å². The second-order valence-corrected chi connectivity index (χ2v) is 8.30. The number of sulfonamides is 1. The zero-order valence-corrected chi connectivity index (χ0v) is 14.2. The third kappa shape index (κ3) is 2.90. The van der Waals surface area contributed by atoms with Crippen molar-refractivity contribution in [1.29, 1.82) is 0 Å². The second kappa shape index (κ2) is 6.09. The fourth-order valence-electron chi connectivity index (χ4n) is 3.21. The highest BCUT2D eigenvalue weighted by atomic mass is 35.5. The van der Waals surface area contributed by atoms with Crippen LogP contribution in [0.3, 0.4) is 0 Å². The molecular formula is C15H21ClN2O3S. The highest BCUT2D eigenvalue weighted by molar-refractivity contribution is 7.89. The van der Waals surface area contributed by atoms with Gasteiger partial charge >= 0.3 is 0 Å². The Kier molecular flexibility index (Phi) is 4.49. The average molecular weight is 345 g/mol. The molecule has 0 aliphatic carbocycles. The largest absolute Gasteiger partial charge is 0.372 e. The van der Waals surface area contributed by atoms with Crippen LogP contribution in [0.2, 0.25) is 5.02 Å². The van der Waals surface area contributed by atoms with Crippen LogP contribution in [-0.4, -0.2) is 51.1 Å². The van der Waals surface area contributed by atoms with E-state index in [-0.39, 0.29) is 5.60 Å². The van der Waals surface area contributed by atoms with Gasteiger partial charge in [0.05, 0.1) is 17.1 Å². The van der Waals surface area contributed by atoms with Gasteiger partial charge in [-0.1, -0.05) is 17.7 Å². The minimum atomic E-state index is -3.54. The Morgan fingerprint density at radius 1 is 1.32 bits per heavy atom. The Balaban J connectivity index is 1.90. The number of hydrogen-bond acceptors (Lipinski definition) is 4. The molecule has 1 N–H and O–H groups in total. The molecule has 1 aromatic rings. The van der Waals surface area contributed by atoms with E-state index in [1.54, 1.807) is 29.4 Å². The molecule has 0 radical (unpaired) electrons. The van der Waals surface area contributed by atoms with Crippen LogP contribution in [0.25, 0.3) is 0 Å². The van der Waals surface area contributed by atoms with E-state index in [9.17, 15) is 8.42 Å². The van der Waals surface area contributed by atoms with Crippen LogP contribution in [0.4, 0.5) is 0 Å². The average Bonchev–Trinajstić information content (AvgIpc) is 2.50. The molecule has 0 bridgehead atoms. The highest BCUT2D eigenvalue weighted by Crippen LogP contribution is 2.32. The number of morpholine rings is 1. The molecule has 1 aromatic carbocycles. The molecular weight excluding hydrogens is 324 g/mol. The summed E-state index contributed by atoms with van der Waals surface area (Å²) in [5, 5.41) is 3.77. The van der Waals surface area contributed by atoms with Crippen molar-refractivity contribution in [3.8, 4) is 0 Å². The standard InChI is InChI=1S/C15H21ClN2O3S/c1-12-13(16)3-2-4-14(12)22(19,20)18-9-10-21-15(11-18)5-7-17-8-6-15/h2-4,17H,5-11H2,1H3. The van der Waals surface area contributed by atoms with Gasteiger partial charge in [-0.15, -0.1) is 0 Å².